The minimum Gasteiger partial charge on any atom is -0.291 e. The van der Waals surface area contributed by atoms with Gasteiger partial charge in [-0.15, -0.1) is 0 Å². The number of hydrogen-bond acceptors (Lipinski definition) is 2. The summed E-state index contributed by atoms with van der Waals surface area (Å²) in [6.45, 7) is 2.42. The maximum Gasteiger partial charge on any atom is 0.185 e. The first-order valence-corrected chi connectivity index (χ1v) is 8.87. The van der Waals surface area contributed by atoms with E-state index in [4.69, 9.17) is 0 Å². The second kappa shape index (κ2) is 9.50. The highest BCUT2D eigenvalue weighted by atomic mass is 16.1. The Morgan fingerprint density at radius 2 is 1.15 bits per heavy atom. The average molecular weight is 341 g/mol. The van der Waals surface area contributed by atoms with E-state index in [1.54, 1.807) is 6.08 Å². The monoisotopic (exact) mass is 341 g/mol. The van der Waals surface area contributed by atoms with E-state index >= 15 is 0 Å². The van der Waals surface area contributed by atoms with Gasteiger partial charge in [0, 0.05) is 25.2 Å². The summed E-state index contributed by atoms with van der Waals surface area (Å²) in [6, 6.07) is 30.2. The van der Waals surface area contributed by atoms with E-state index in [9.17, 15) is 4.79 Å². The number of ketones is 1. The fourth-order valence-electron chi connectivity index (χ4n) is 2.88. The molecule has 0 N–H and O–H groups in total. The number of carbonyl (C=O) groups excluding carboxylic acids is 1. The van der Waals surface area contributed by atoms with Crippen LogP contribution in [0.5, 0.6) is 0 Å². The highest BCUT2D eigenvalue weighted by Gasteiger charge is 2.06. The van der Waals surface area contributed by atoms with Gasteiger partial charge >= 0.3 is 0 Å². The van der Waals surface area contributed by atoms with Gasteiger partial charge in [0.15, 0.2) is 5.78 Å². The average Bonchev–Trinajstić information content (AvgIpc) is 2.70. The molecule has 0 bridgehead atoms. The maximum absolute atomic E-state index is 12.2. The number of hydrogen-bond donors (Lipinski definition) is 0. The molecule has 0 saturated heterocycles. The van der Waals surface area contributed by atoms with Crippen molar-refractivity contribution in [2.24, 2.45) is 0 Å². The summed E-state index contributed by atoms with van der Waals surface area (Å²) in [7, 11) is 0. The standard InChI is InChI=1S/C24H23NO/c26-24(23-15-8-3-9-16-23)17-10-18-25(19-21-11-4-1-5-12-21)20-22-13-6-2-7-14-22/h1-17H,18-20H2/b17-10+. The molecule has 0 aliphatic heterocycles. The van der Waals surface area contributed by atoms with Crippen LogP contribution >= 0.6 is 0 Å². The highest BCUT2D eigenvalue weighted by Crippen LogP contribution is 2.10. The Kier molecular flexibility index (Phi) is 6.52. The summed E-state index contributed by atoms with van der Waals surface area (Å²) in [5.41, 5.74) is 3.26. The van der Waals surface area contributed by atoms with Crippen LogP contribution in [0.2, 0.25) is 0 Å². The molecule has 130 valence electrons. The van der Waals surface area contributed by atoms with Gasteiger partial charge in [-0.3, -0.25) is 9.69 Å². The molecule has 26 heavy (non-hydrogen) atoms. The van der Waals surface area contributed by atoms with Crippen LogP contribution in [-0.4, -0.2) is 17.2 Å². The molecule has 2 heteroatoms. The summed E-state index contributed by atoms with van der Waals surface area (Å²) < 4.78 is 0. The minimum absolute atomic E-state index is 0.0463. The molecule has 0 aliphatic carbocycles. The summed E-state index contributed by atoms with van der Waals surface area (Å²) in [4.78, 5) is 14.6. The number of carbonyl (C=O) groups is 1. The molecule has 0 atom stereocenters. The lowest BCUT2D eigenvalue weighted by Crippen LogP contribution is -2.23. The largest absolute Gasteiger partial charge is 0.291 e. The summed E-state index contributed by atoms with van der Waals surface area (Å²) in [5, 5.41) is 0. The first-order chi connectivity index (χ1) is 12.8. The number of rotatable bonds is 8. The number of allylic oxidation sites excluding steroid dienone is 1. The van der Waals surface area contributed by atoms with E-state index in [1.807, 2.05) is 48.5 Å². The molecule has 0 radical (unpaired) electrons. The molecule has 3 aromatic carbocycles. The van der Waals surface area contributed by atoms with Gasteiger partial charge in [-0.25, -0.2) is 0 Å². The topological polar surface area (TPSA) is 20.3 Å². The van der Waals surface area contributed by atoms with Crippen LogP contribution in [0.4, 0.5) is 0 Å². The van der Waals surface area contributed by atoms with Crippen LogP contribution in [0.1, 0.15) is 21.5 Å². The van der Waals surface area contributed by atoms with Crippen molar-refractivity contribution in [1.29, 1.82) is 0 Å². The van der Waals surface area contributed by atoms with Crippen molar-refractivity contribution in [2.45, 2.75) is 13.1 Å². The van der Waals surface area contributed by atoms with E-state index in [2.05, 4.69) is 53.4 Å². The fourth-order valence-corrected chi connectivity index (χ4v) is 2.88. The van der Waals surface area contributed by atoms with E-state index in [1.165, 1.54) is 11.1 Å². The molecule has 0 aromatic heterocycles. The molecule has 0 amide bonds. The first-order valence-electron chi connectivity index (χ1n) is 8.87. The Bertz CT molecular complexity index is 784. The molecule has 0 unspecified atom stereocenters. The molecule has 0 fully saturated rings. The Labute approximate surface area is 155 Å². The summed E-state index contributed by atoms with van der Waals surface area (Å²) in [6.07, 6.45) is 3.64. The second-order valence-electron chi connectivity index (χ2n) is 6.27. The van der Waals surface area contributed by atoms with E-state index in [0.717, 1.165) is 25.2 Å². The summed E-state index contributed by atoms with van der Waals surface area (Å²) in [5.74, 6) is 0.0463. The lowest BCUT2D eigenvalue weighted by atomic mass is 10.1. The van der Waals surface area contributed by atoms with Crippen LogP contribution in [0.3, 0.4) is 0 Å². The van der Waals surface area contributed by atoms with E-state index < -0.39 is 0 Å². The first kappa shape index (κ1) is 17.8. The predicted molar refractivity (Wildman–Crippen MR) is 107 cm³/mol. The zero-order chi connectivity index (χ0) is 18.0. The predicted octanol–water partition coefficient (Wildman–Crippen LogP) is 5.13. The van der Waals surface area contributed by atoms with Crippen molar-refractivity contribution in [1.82, 2.24) is 4.90 Å². The zero-order valence-corrected chi connectivity index (χ0v) is 14.8. The third kappa shape index (κ3) is 5.54. The van der Waals surface area contributed by atoms with Crippen molar-refractivity contribution in [3.8, 4) is 0 Å². The van der Waals surface area contributed by atoms with Gasteiger partial charge in [-0.2, -0.15) is 0 Å². The van der Waals surface area contributed by atoms with Crippen molar-refractivity contribution in [3.63, 3.8) is 0 Å². The summed E-state index contributed by atoms with van der Waals surface area (Å²) >= 11 is 0. The lowest BCUT2D eigenvalue weighted by molar-refractivity contribution is 0.104. The minimum atomic E-state index is 0.0463. The Balaban J connectivity index is 1.66. The second-order valence-corrected chi connectivity index (χ2v) is 6.27. The van der Waals surface area contributed by atoms with Gasteiger partial charge in [-0.1, -0.05) is 97.1 Å². The van der Waals surface area contributed by atoms with E-state index in [0.29, 0.717) is 0 Å². The SMILES string of the molecule is O=C(/C=C/CN(Cc1ccccc1)Cc1ccccc1)c1ccccc1. The molecular weight excluding hydrogens is 318 g/mol. The van der Waals surface area contributed by atoms with Crippen LogP contribution in [-0.2, 0) is 13.1 Å². The lowest BCUT2D eigenvalue weighted by Gasteiger charge is -2.21. The quantitative estimate of drug-likeness (QED) is 0.418. The van der Waals surface area contributed by atoms with Crippen molar-refractivity contribution < 1.29 is 4.79 Å². The van der Waals surface area contributed by atoms with Gasteiger partial charge in [0.1, 0.15) is 0 Å². The van der Waals surface area contributed by atoms with Gasteiger partial charge < -0.3 is 0 Å². The maximum atomic E-state index is 12.2. The Morgan fingerprint density at radius 3 is 1.65 bits per heavy atom. The fraction of sp³-hybridized carbons (Fsp3) is 0.125. The molecule has 0 spiro atoms. The van der Waals surface area contributed by atoms with Gasteiger partial charge in [-0.05, 0) is 17.2 Å². The third-order valence-electron chi connectivity index (χ3n) is 4.19. The molecule has 3 aromatic rings. The zero-order valence-electron chi connectivity index (χ0n) is 14.8. The smallest absolute Gasteiger partial charge is 0.185 e. The normalized spacial score (nSPS) is 11.1. The van der Waals surface area contributed by atoms with Crippen LogP contribution in [0.25, 0.3) is 0 Å². The van der Waals surface area contributed by atoms with Crippen molar-refractivity contribution in [3.05, 3.63) is 120 Å². The van der Waals surface area contributed by atoms with Crippen LogP contribution in [0, 0.1) is 0 Å². The van der Waals surface area contributed by atoms with E-state index in [-0.39, 0.29) is 5.78 Å². The molecule has 0 aliphatic rings. The molecule has 0 saturated carbocycles. The van der Waals surface area contributed by atoms with Gasteiger partial charge in [0.05, 0.1) is 0 Å². The Hall–Kier alpha value is -2.97. The van der Waals surface area contributed by atoms with Crippen molar-refractivity contribution in [2.75, 3.05) is 6.54 Å². The third-order valence-corrected chi connectivity index (χ3v) is 4.19. The molecular formula is C24H23NO. The molecule has 0 heterocycles. The Morgan fingerprint density at radius 1 is 0.692 bits per heavy atom. The number of nitrogens with zero attached hydrogens (tertiary/aromatic N) is 1. The molecule has 2 nitrogen and oxygen atoms in total. The highest BCUT2D eigenvalue weighted by molar-refractivity contribution is 6.04. The van der Waals surface area contributed by atoms with Gasteiger partial charge in [0.2, 0.25) is 0 Å². The van der Waals surface area contributed by atoms with Gasteiger partial charge in [0.25, 0.3) is 0 Å². The van der Waals surface area contributed by atoms with Crippen LogP contribution in [0.15, 0.2) is 103 Å². The molecule has 3 rings (SSSR count). The number of benzene rings is 3. The van der Waals surface area contributed by atoms with Crippen LogP contribution < -0.4 is 0 Å². The van der Waals surface area contributed by atoms with Crippen molar-refractivity contribution >= 4 is 5.78 Å².